The lowest BCUT2D eigenvalue weighted by atomic mass is 9.88. The van der Waals surface area contributed by atoms with E-state index >= 15 is 0 Å². The molecule has 15 heavy (non-hydrogen) atoms. The number of carboxylic acid groups (broad SMARTS) is 2. The minimum atomic E-state index is -0.807. The van der Waals surface area contributed by atoms with Gasteiger partial charge in [-0.3, -0.25) is 9.59 Å². The maximum absolute atomic E-state index is 10.7. The summed E-state index contributed by atoms with van der Waals surface area (Å²) in [6.45, 7) is 0.717. The van der Waals surface area contributed by atoms with Gasteiger partial charge in [-0.15, -0.1) is 0 Å². The summed E-state index contributed by atoms with van der Waals surface area (Å²) < 4.78 is 0. The molecule has 1 saturated heterocycles. The number of rotatable bonds is 5. The molecule has 1 rings (SSSR count). The van der Waals surface area contributed by atoms with Gasteiger partial charge in [0.1, 0.15) is 6.04 Å². The molecule has 0 unspecified atom stereocenters. The molecule has 5 nitrogen and oxygen atoms in total. The van der Waals surface area contributed by atoms with E-state index in [9.17, 15) is 9.59 Å². The average Bonchev–Trinajstić information content (AvgIpc) is 2.17. The molecule has 0 bridgehead atoms. The van der Waals surface area contributed by atoms with Gasteiger partial charge in [0.15, 0.2) is 0 Å². The van der Waals surface area contributed by atoms with Crippen LogP contribution in [0.2, 0.25) is 0 Å². The average molecular weight is 215 g/mol. The molecule has 1 aliphatic rings. The third-order valence-electron chi connectivity index (χ3n) is 2.81. The van der Waals surface area contributed by atoms with Gasteiger partial charge in [-0.05, 0) is 38.1 Å². The molecule has 3 N–H and O–H groups in total. The first kappa shape index (κ1) is 12.0. The minimum Gasteiger partial charge on any atom is -0.481 e. The lowest BCUT2D eigenvalue weighted by Crippen LogP contribution is -2.43. The van der Waals surface area contributed by atoms with Crippen molar-refractivity contribution in [2.75, 3.05) is 6.54 Å². The summed E-state index contributed by atoms with van der Waals surface area (Å²) in [4.78, 5) is 21.0. The SMILES string of the molecule is O=C(O)CCC[C@H]1CCN[C@@H](C(=O)O)C1. The molecule has 1 heterocycles. The van der Waals surface area contributed by atoms with Crippen molar-refractivity contribution in [1.29, 1.82) is 0 Å². The smallest absolute Gasteiger partial charge is 0.320 e. The standard InChI is InChI=1S/C10H17NO4/c12-9(13)3-1-2-7-4-5-11-8(6-7)10(14)15/h7-8,11H,1-6H2,(H,12,13)(H,14,15)/t7-,8+/m0/s1. The fraction of sp³-hybridized carbons (Fsp3) is 0.800. The number of piperidine rings is 1. The maximum Gasteiger partial charge on any atom is 0.320 e. The monoisotopic (exact) mass is 215 g/mol. The van der Waals surface area contributed by atoms with E-state index in [0.29, 0.717) is 25.3 Å². The van der Waals surface area contributed by atoms with Crippen molar-refractivity contribution in [1.82, 2.24) is 5.32 Å². The zero-order valence-electron chi connectivity index (χ0n) is 8.61. The van der Waals surface area contributed by atoms with Crippen LogP contribution >= 0.6 is 0 Å². The molecular formula is C10H17NO4. The Kier molecular flexibility index (Phi) is 4.55. The van der Waals surface area contributed by atoms with Crippen LogP contribution in [0, 0.1) is 5.92 Å². The first-order valence-corrected chi connectivity index (χ1v) is 5.27. The molecule has 0 radical (unpaired) electrons. The van der Waals surface area contributed by atoms with Crippen LogP contribution in [-0.4, -0.2) is 34.7 Å². The molecule has 86 valence electrons. The number of nitrogens with one attached hydrogen (secondary N) is 1. The molecule has 5 heteroatoms. The predicted octanol–water partition coefficient (Wildman–Crippen LogP) is 0.694. The van der Waals surface area contributed by atoms with Crippen molar-refractivity contribution in [3.63, 3.8) is 0 Å². The summed E-state index contributed by atoms with van der Waals surface area (Å²) in [7, 11) is 0. The second kappa shape index (κ2) is 5.70. The Morgan fingerprint density at radius 1 is 1.33 bits per heavy atom. The molecule has 0 saturated carbocycles. The van der Waals surface area contributed by atoms with Gasteiger partial charge in [-0.25, -0.2) is 0 Å². The van der Waals surface area contributed by atoms with Gasteiger partial charge in [0.2, 0.25) is 0 Å². The highest BCUT2D eigenvalue weighted by molar-refractivity contribution is 5.73. The molecule has 2 atom stereocenters. The Hall–Kier alpha value is -1.10. The van der Waals surface area contributed by atoms with Gasteiger partial charge in [0, 0.05) is 6.42 Å². The quantitative estimate of drug-likeness (QED) is 0.628. The normalized spacial score (nSPS) is 26.1. The largest absolute Gasteiger partial charge is 0.481 e. The third kappa shape index (κ3) is 4.29. The van der Waals surface area contributed by atoms with Crippen LogP contribution in [0.15, 0.2) is 0 Å². The Labute approximate surface area is 88.5 Å². The minimum absolute atomic E-state index is 0.182. The second-order valence-electron chi connectivity index (χ2n) is 4.02. The van der Waals surface area contributed by atoms with E-state index in [1.54, 1.807) is 0 Å². The van der Waals surface area contributed by atoms with Crippen LogP contribution in [0.4, 0.5) is 0 Å². The van der Waals surface area contributed by atoms with Crippen molar-refractivity contribution >= 4 is 11.9 Å². The molecule has 1 aliphatic heterocycles. The summed E-state index contributed by atoms with van der Waals surface area (Å²) >= 11 is 0. The topological polar surface area (TPSA) is 86.6 Å². The summed E-state index contributed by atoms with van der Waals surface area (Å²) in [6, 6.07) is -0.450. The fourth-order valence-electron chi connectivity index (χ4n) is 1.99. The summed E-state index contributed by atoms with van der Waals surface area (Å²) in [5.74, 6) is -1.23. The van der Waals surface area contributed by atoms with Crippen LogP contribution in [-0.2, 0) is 9.59 Å². The van der Waals surface area contributed by atoms with Crippen LogP contribution in [0.1, 0.15) is 32.1 Å². The van der Waals surface area contributed by atoms with Crippen molar-refractivity contribution in [3.05, 3.63) is 0 Å². The summed E-state index contributed by atoms with van der Waals surface area (Å²) in [5, 5.41) is 20.2. The molecule has 0 aromatic heterocycles. The second-order valence-corrected chi connectivity index (χ2v) is 4.02. The van der Waals surface area contributed by atoms with Crippen molar-refractivity contribution in [3.8, 4) is 0 Å². The van der Waals surface area contributed by atoms with E-state index in [1.165, 1.54) is 0 Å². The maximum atomic E-state index is 10.7. The van der Waals surface area contributed by atoms with Crippen LogP contribution < -0.4 is 5.32 Å². The molecule has 0 aliphatic carbocycles. The number of aliphatic carboxylic acids is 2. The Bertz CT molecular complexity index is 242. The van der Waals surface area contributed by atoms with Gasteiger partial charge in [0.05, 0.1) is 0 Å². The highest BCUT2D eigenvalue weighted by Crippen LogP contribution is 2.22. The van der Waals surface area contributed by atoms with E-state index in [2.05, 4.69) is 5.32 Å². The van der Waals surface area contributed by atoms with Crippen molar-refractivity contribution in [2.45, 2.75) is 38.1 Å². The Morgan fingerprint density at radius 2 is 2.07 bits per heavy atom. The summed E-state index contributed by atoms with van der Waals surface area (Å²) in [6.07, 6.45) is 3.21. The number of carbonyl (C=O) groups is 2. The first-order chi connectivity index (χ1) is 7.09. The zero-order valence-corrected chi connectivity index (χ0v) is 8.61. The highest BCUT2D eigenvalue weighted by atomic mass is 16.4. The van der Waals surface area contributed by atoms with Gasteiger partial charge in [0.25, 0.3) is 0 Å². The molecule has 0 spiro atoms. The molecule has 0 aromatic carbocycles. The zero-order chi connectivity index (χ0) is 11.3. The molecule has 0 amide bonds. The van der Waals surface area contributed by atoms with Crippen molar-refractivity contribution < 1.29 is 19.8 Å². The van der Waals surface area contributed by atoms with E-state index < -0.39 is 18.0 Å². The third-order valence-corrected chi connectivity index (χ3v) is 2.81. The number of carboxylic acids is 2. The lowest BCUT2D eigenvalue weighted by molar-refractivity contribution is -0.141. The van der Waals surface area contributed by atoms with Crippen LogP contribution in [0.3, 0.4) is 0 Å². The van der Waals surface area contributed by atoms with Crippen LogP contribution in [0.25, 0.3) is 0 Å². The first-order valence-electron chi connectivity index (χ1n) is 5.27. The Morgan fingerprint density at radius 3 is 2.67 bits per heavy atom. The molecule has 0 aromatic rings. The lowest BCUT2D eigenvalue weighted by Gasteiger charge is -2.27. The Balaban J connectivity index is 2.24. The predicted molar refractivity (Wildman–Crippen MR) is 53.6 cm³/mol. The van der Waals surface area contributed by atoms with Gasteiger partial charge >= 0.3 is 11.9 Å². The van der Waals surface area contributed by atoms with Crippen molar-refractivity contribution in [2.24, 2.45) is 5.92 Å². The van der Waals surface area contributed by atoms with E-state index in [1.807, 2.05) is 0 Å². The highest BCUT2D eigenvalue weighted by Gasteiger charge is 2.25. The van der Waals surface area contributed by atoms with Gasteiger partial charge < -0.3 is 15.5 Å². The number of hydrogen-bond acceptors (Lipinski definition) is 3. The fourth-order valence-corrected chi connectivity index (χ4v) is 1.99. The van der Waals surface area contributed by atoms with Gasteiger partial charge in [-0.2, -0.15) is 0 Å². The molecular weight excluding hydrogens is 198 g/mol. The summed E-state index contributed by atoms with van der Waals surface area (Å²) in [5.41, 5.74) is 0. The molecule has 1 fully saturated rings. The van der Waals surface area contributed by atoms with Crippen LogP contribution in [0.5, 0.6) is 0 Å². The van der Waals surface area contributed by atoms with E-state index in [-0.39, 0.29) is 6.42 Å². The van der Waals surface area contributed by atoms with E-state index in [0.717, 1.165) is 12.8 Å². The van der Waals surface area contributed by atoms with Gasteiger partial charge in [-0.1, -0.05) is 0 Å². The number of hydrogen-bond donors (Lipinski definition) is 3. The van der Waals surface area contributed by atoms with E-state index in [4.69, 9.17) is 10.2 Å².